The zero-order valence-corrected chi connectivity index (χ0v) is 19.2. The summed E-state index contributed by atoms with van der Waals surface area (Å²) in [5.41, 5.74) is -0.757. The molecule has 29 heavy (non-hydrogen) atoms. The lowest BCUT2D eigenvalue weighted by molar-refractivity contribution is -0.137. The van der Waals surface area contributed by atoms with E-state index in [1.54, 1.807) is 11.8 Å². The summed E-state index contributed by atoms with van der Waals surface area (Å²) >= 11 is 1.71. The highest BCUT2D eigenvalue weighted by molar-refractivity contribution is 7.99. The average Bonchev–Trinajstić information content (AvgIpc) is 3.03. The minimum Gasteiger partial charge on any atom is -0.481 e. The molecule has 0 aliphatic carbocycles. The zero-order chi connectivity index (χ0) is 21.5. The highest BCUT2D eigenvalue weighted by atomic mass is 32.2. The Balaban J connectivity index is 2.55. The minimum absolute atomic E-state index is 0.0750. The van der Waals surface area contributed by atoms with Crippen molar-refractivity contribution in [2.45, 2.75) is 103 Å². The van der Waals surface area contributed by atoms with Gasteiger partial charge >= 0.3 is 5.97 Å². The van der Waals surface area contributed by atoms with E-state index in [9.17, 15) is 14.7 Å². The number of aliphatic hydroxyl groups is 1. The molecule has 6 heteroatoms. The van der Waals surface area contributed by atoms with Gasteiger partial charge in [-0.15, -0.1) is 0 Å². The fraction of sp³-hybridized carbons (Fsp3) is 0.826. The predicted octanol–water partition coefficient (Wildman–Crippen LogP) is 5.02. The van der Waals surface area contributed by atoms with Gasteiger partial charge in [0.1, 0.15) is 0 Å². The topological polar surface area (TPSA) is 77.8 Å². The van der Waals surface area contributed by atoms with Gasteiger partial charge < -0.3 is 15.1 Å². The number of hydrogen-bond donors (Lipinski definition) is 2. The van der Waals surface area contributed by atoms with Crippen LogP contribution in [0.1, 0.15) is 90.9 Å². The van der Waals surface area contributed by atoms with Gasteiger partial charge in [0.25, 0.3) is 0 Å². The first-order valence-electron chi connectivity index (χ1n) is 11.4. The predicted molar refractivity (Wildman–Crippen MR) is 121 cm³/mol. The van der Waals surface area contributed by atoms with Gasteiger partial charge in [0.2, 0.25) is 5.91 Å². The monoisotopic (exact) mass is 427 g/mol. The van der Waals surface area contributed by atoms with Crippen LogP contribution < -0.4 is 0 Å². The molecule has 1 rings (SSSR count). The molecular formula is C23H41NO4S. The Morgan fingerprint density at radius 1 is 1.14 bits per heavy atom. The quantitative estimate of drug-likeness (QED) is 0.252. The highest BCUT2D eigenvalue weighted by Gasteiger charge is 2.30. The molecule has 1 saturated heterocycles. The van der Waals surface area contributed by atoms with Crippen LogP contribution in [0, 0.1) is 0 Å². The number of likely N-dealkylation sites (tertiary alicyclic amines) is 1. The Kier molecular flexibility index (Phi) is 13.4. The molecule has 0 unspecified atom stereocenters. The summed E-state index contributed by atoms with van der Waals surface area (Å²) in [6.07, 6.45) is 14.5. The summed E-state index contributed by atoms with van der Waals surface area (Å²) in [7, 11) is 0. The molecule has 0 aromatic carbocycles. The van der Waals surface area contributed by atoms with E-state index in [2.05, 4.69) is 19.9 Å². The molecule has 0 aromatic heterocycles. The van der Waals surface area contributed by atoms with Crippen molar-refractivity contribution in [2.75, 3.05) is 18.1 Å². The molecule has 0 aromatic rings. The molecule has 1 amide bonds. The number of unbranched alkanes of at least 4 members (excludes halogenated alkanes) is 4. The van der Waals surface area contributed by atoms with Gasteiger partial charge in [0, 0.05) is 25.1 Å². The number of thioether (sulfide) groups is 1. The highest BCUT2D eigenvalue weighted by Crippen LogP contribution is 2.27. The SMILES string of the molecule is CCCCCC(O)(/C=C/[C@H]1CCC(=O)N1CCSCCCC(=O)O)CCCCC. The van der Waals surface area contributed by atoms with Gasteiger partial charge in [-0.05, 0) is 31.4 Å². The molecule has 0 bridgehead atoms. The zero-order valence-electron chi connectivity index (χ0n) is 18.4. The standard InChI is InChI=1S/C23H41NO4S/c1-3-5-7-14-23(28,15-8-6-4-2)16-13-20-11-12-21(25)24(20)17-19-29-18-9-10-22(26)27/h13,16,20,28H,3-12,14-15,17-19H2,1-2H3,(H,26,27)/b16-13+/t20-/m1/s1. The molecule has 1 aliphatic rings. The van der Waals surface area contributed by atoms with Crippen molar-refractivity contribution in [2.24, 2.45) is 0 Å². The molecular weight excluding hydrogens is 386 g/mol. The number of nitrogens with zero attached hydrogens (tertiary/aromatic N) is 1. The van der Waals surface area contributed by atoms with E-state index in [1.807, 2.05) is 11.0 Å². The number of carboxylic acids is 1. The van der Waals surface area contributed by atoms with Gasteiger partial charge in [-0.2, -0.15) is 11.8 Å². The summed E-state index contributed by atoms with van der Waals surface area (Å²) < 4.78 is 0. The number of hydrogen-bond acceptors (Lipinski definition) is 4. The van der Waals surface area contributed by atoms with Gasteiger partial charge in [-0.25, -0.2) is 0 Å². The smallest absolute Gasteiger partial charge is 0.303 e. The van der Waals surface area contributed by atoms with Crippen LogP contribution >= 0.6 is 11.8 Å². The first-order valence-corrected chi connectivity index (χ1v) is 12.6. The summed E-state index contributed by atoms with van der Waals surface area (Å²) in [6, 6.07) is 0.0750. The maximum atomic E-state index is 12.3. The van der Waals surface area contributed by atoms with E-state index in [1.165, 1.54) is 0 Å². The molecule has 1 heterocycles. The molecule has 0 spiro atoms. The Morgan fingerprint density at radius 2 is 1.79 bits per heavy atom. The van der Waals surface area contributed by atoms with Crippen LogP contribution in [0.4, 0.5) is 0 Å². The van der Waals surface area contributed by atoms with E-state index in [0.29, 0.717) is 19.4 Å². The van der Waals surface area contributed by atoms with E-state index >= 15 is 0 Å². The Morgan fingerprint density at radius 3 is 2.38 bits per heavy atom. The van der Waals surface area contributed by atoms with Crippen LogP contribution in [-0.2, 0) is 9.59 Å². The number of rotatable bonds is 17. The third kappa shape index (κ3) is 11.1. The molecule has 2 N–H and O–H groups in total. The average molecular weight is 428 g/mol. The lowest BCUT2D eigenvalue weighted by Gasteiger charge is -2.27. The molecule has 168 valence electrons. The number of amides is 1. The largest absolute Gasteiger partial charge is 0.481 e. The first kappa shape index (κ1) is 26.0. The van der Waals surface area contributed by atoms with E-state index < -0.39 is 11.6 Å². The van der Waals surface area contributed by atoms with Crippen molar-refractivity contribution in [3.63, 3.8) is 0 Å². The second-order valence-electron chi connectivity index (χ2n) is 8.18. The number of carbonyl (C=O) groups excluding carboxylic acids is 1. The lowest BCUT2D eigenvalue weighted by Crippen LogP contribution is -2.34. The number of carbonyl (C=O) groups is 2. The molecule has 5 nitrogen and oxygen atoms in total. The molecule has 1 aliphatic heterocycles. The second kappa shape index (κ2) is 14.9. The van der Waals surface area contributed by atoms with Crippen LogP contribution in [0.15, 0.2) is 12.2 Å². The number of aliphatic carboxylic acids is 1. The summed E-state index contributed by atoms with van der Waals surface area (Å²) in [4.78, 5) is 24.8. The van der Waals surface area contributed by atoms with E-state index in [0.717, 1.165) is 69.3 Å². The Bertz CT molecular complexity index is 499. The van der Waals surface area contributed by atoms with Crippen molar-refractivity contribution < 1.29 is 19.8 Å². The van der Waals surface area contributed by atoms with Gasteiger partial charge in [-0.3, -0.25) is 9.59 Å². The van der Waals surface area contributed by atoms with Gasteiger partial charge in [-0.1, -0.05) is 64.5 Å². The minimum atomic E-state index is -0.757. The van der Waals surface area contributed by atoms with Crippen molar-refractivity contribution in [3.8, 4) is 0 Å². The van der Waals surface area contributed by atoms with Crippen molar-refractivity contribution >= 4 is 23.6 Å². The van der Waals surface area contributed by atoms with Gasteiger partial charge in [0.15, 0.2) is 0 Å². The van der Waals surface area contributed by atoms with E-state index in [-0.39, 0.29) is 18.4 Å². The van der Waals surface area contributed by atoms with Crippen LogP contribution in [0.25, 0.3) is 0 Å². The van der Waals surface area contributed by atoms with Crippen LogP contribution in [0.5, 0.6) is 0 Å². The third-order valence-corrected chi connectivity index (χ3v) is 6.63. The second-order valence-corrected chi connectivity index (χ2v) is 9.40. The summed E-state index contributed by atoms with van der Waals surface area (Å²) in [5.74, 6) is 1.07. The fourth-order valence-corrected chi connectivity index (χ4v) is 4.66. The maximum Gasteiger partial charge on any atom is 0.303 e. The van der Waals surface area contributed by atoms with Crippen LogP contribution in [0.3, 0.4) is 0 Å². The Hall–Kier alpha value is -1.01. The molecule has 0 saturated carbocycles. The molecule has 0 radical (unpaired) electrons. The first-order chi connectivity index (χ1) is 13.9. The van der Waals surface area contributed by atoms with Gasteiger partial charge in [0.05, 0.1) is 11.6 Å². The molecule has 1 fully saturated rings. The van der Waals surface area contributed by atoms with Crippen molar-refractivity contribution in [3.05, 3.63) is 12.2 Å². The normalized spacial score (nSPS) is 17.6. The number of carboxylic acid groups (broad SMARTS) is 1. The van der Waals surface area contributed by atoms with Crippen molar-refractivity contribution in [1.82, 2.24) is 4.90 Å². The summed E-state index contributed by atoms with van der Waals surface area (Å²) in [5, 5.41) is 19.8. The van der Waals surface area contributed by atoms with Crippen LogP contribution in [-0.4, -0.2) is 56.7 Å². The van der Waals surface area contributed by atoms with Crippen LogP contribution in [0.2, 0.25) is 0 Å². The lowest BCUT2D eigenvalue weighted by atomic mass is 9.89. The molecule has 1 atom stereocenters. The maximum absolute atomic E-state index is 12.3. The fourth-order valence-electron chi connectivity index (χ4n) is 3.78. The summed E-state index contributed by atoms with van der Waals surface area (Å²) in [6.45, 7) is 5.04. The van der Waals surface area contributed by atoms with E-state index in [4.69, 9.17) is 5.11 Å². The third-order valence-electron chi connectivity index (χ3n) is 5.59. The Labute approximate surface area is 181 Å². The van der Waals surface area contributed by atoms with Crippen molar-refractivity contribution in [1.29, 1.82) is 0 Å².